The molecule has 0 saturated heterocycles. The Labute approximate surface area is 414 Å². The van der Waals surface area contributed by atoms with Gasteiger partial charge in [0.25, 0.3) is 0 Å². The Hall–Kier alpha value is -7.16. The van der Waals surface area contributed by atoms with Crippen molar-refractivity contribution in [2.45, 2.75) is 97.4 Å². The lowest BCUT2D eigenvalue weighted by atomic mass is 9.74. The Bertz CT molecular complexity index is 3730. The number of nitrogens with zero attached hydrogens (tertiary/aromatic N) is 2. The summed E-state index contributed by atoms with van der Waals surface area (Å²) in [6.07, 6.45) is 7.52. The standard InChI is InChI=1S/C68H62N2/c1-41-21-27-49-51-29-25-47(37-59(51)67(9,57(49)33-41)43-17-13-11-14-18-43)69-61-31-23-45(65(3,4)5)35-53(61)55-40-64-56(39-63(55)69)54-36-46(66(6,7)8)24-32-62(54)70(64)48-26-30-52-50-28-22-42(2)34-58(50)68(10,60(52)38-48)44-19-15-12-16-20-44/h11-40,53,61H,1-10H3. The van der Waals surface area contributed by atoms with Crippen LogP contribution in [0.1, 0.15) is 117 Å². The lowest BCUT2D eigenvalue weighted by Gasteiger charge is -2.33. The fourth-order valence-corrected chi connectivity index (χ4v) is 13.2. The second-order valence-corrected chi connectivity index (χ2v) is 23.4. The molecule has 344 valence electrons. The van der Waals surface area contributed by atoms with E-state index < -0.39 is 0 Å². The van der Waals surface area contributed by atoms with Crippen LogP contribution in [0.5, 0.6) is 0 Å². The van der Waals surface area contributed by atoms with Crippen LogP contribution < -0.4 is 4.90 Å². The number of benzene rings is 8. The molecule has 1 aliphatic heterocycles. The van der Waals surface area contributed by atoms with Crippen LogP contribution in [-0.2, 0) is 16.2 Å². The van der Waals surface area contributed by atoms with Gasteiger partial charge in [0.15, 0.2) is 0 Å². The second-order valence-electron chi connectivity index (χ2n) is 23.4. The van der Waals surface area contributed by atoms with Crippen LogP contribution in [-0.4, -0.2) is 10.6 Å². The minimum Gasteiger partial charge on any atom is -0.333 e. The SMILES string of the molecule is Cc1ccc2c(c1)C(C)(c1ccccc1)c1cc(N3c4cc5c6cc(C(C)(C)C)ccc6n(-c6ccc7c(c6)C(C)(c6ccccc6)c6cc(C)ccc6-7)c5cc4C4C=C(C(C)(C)C)C=CC43)ccc1-2. The maximum atomic E-state index is 2.68. The molecule has 1 aromatic heterocycles. The third-order valence-electron chi connectivity index (χ3n) is 17.1. The molecule has 0 saturated carbocycles. The van der Waals surface area contributed by atoms with Gasteiger partial charge in [-0.25, -0.2) is 0 Å². The molecular weight excluding hydrogens is 845 g/mol. The first-order chi connectivity index (χ1) is 33.5. The van der Waals surface area contributed by atoms with Gasteiger partial charge < -0.3 is 9.47 Å². The van der Waals surface area contributed by atoms with E-state index in [1.54, 1.807) is 0 Å². The number of hydrogen-bond donors (Lipinski definition) is 0. The van der Waals surface area contributed by atoms with Gasteiger partial charge in [-0.15, -0.1) is 0 Å². The first-order valence-corrected chi connectivity index (χ1v) is 25.5. The van der Waals surface area contributed by atoms with E-state index in [4.69, 9.17) is 0 Å². The van der Waals surface area contributed by atoms with Crippen molar-refractivity contribution in [2.75, 3.05) is 4.90 Å². The fraction of sp³-hybridized carbons (Fsp3) is 0.235. The molecule has 8 aromatic carbocycles. The summed E-state index contributed by atoms with van der Waals surface area (Å²) in [6, 6.07) is 63.6. The van der Waals surface area contributed by atoms with E-state index in [1.807, 2.05) is 0 Å². The van der Waals surface area contributed by atoms with Crippen molar-refractivity contribution in [1.29, 1.82) is 0 Å². The number of aromatic nitrogens is 1. The topological polar surface area (TPSA) is 8.17 Å². The molecule has 9 aromatic rings. The molecule has 70 heavy (non-hydrogen) atoms. The van der Waals surface area contributed by atoms with Crippen LogP contribution in [0.25, 0.3) is 49.7 Å². The Morgan fingerprint density at radius 3 is 1.54 bits per heavy atom. The maximum Gasteiger partial charge on any atom is 0.0629 e. The molecule has 2 heterocycles. The van der Waals surface area contributed by atoms with Gasteiger partial charge in [-0.3, -0.25) is 0 Å². The summed E-state index contributed by atoms with van der Waals surface area (Å²) in [6.45, 7) is 23.4. The molecule has 0 radical (unpaired) electrons. The minimum atomic E-state index is -0.309. The summed E-state index contributed by atoms with van der Waals surface area (Å²) in [5.41, 5.74) is 25.8. The smallest absolute Gasteiger partial charge is 0.0629 e. The average Bonchev–Trinajstić information content (AvgIpc) is 4.01. The Balaban J connectivity index is 1.06. The highest BCUT2D eigenvalue weighted by Gasteiger charge is 2.45. The normalized spacial score (nSPS) is 20.8. The molecule has 0 N–H and O–H groups in total. The molecule has 4 aliphatic rings. The van der Waals surface area contributed by atoms with Crippen LogP contribution in [0.4, 0.5) is 11.4 Å². The molecule has 0 amide bonds. The van der Waals surface area contributed by atoms with Crippen molar-refractivity contribution in [3.63, 3.8) is 0 Å². The fourth-order valence-electron chi connectivity index (χ4n) is 13.2. The Kier molecular flexibility index (Phi) is 9.00. The highest BCUT2D eigenvalue weighted by atomic mass is 15.2. The monoisotopic (exact) mass is 906 g/mol. The number of hydrogen-bond acceptors (Lipinski definition) is 1. The molecule has 13 rings (SSSR count). The molecule has 0 spiro atoms. The quantitative estimate of drug-likeness (QED) is 0.171. The molecule has 4 atom stereocenters. The maximum absolute atomic E-state index is 2.68. The summed E-state index contributed by atoms with van der Waals surface area (Å²) >= 11 is 0. The molecule has 2 heteroatoms. The second kappa shape index (κ2) is 14.7. The predicted molar refractivity (Wildman–Crippen MR) is 296 cm³/mol. The molecule has 4 unspecified atom stereocenters. The summed E-state index contributed by atoms with van der Waals surface area (Å²) in [5.74, 6) is 0.169. The Morgan fingerprint density at radius 2 is 0.986 bits per heavy atom. The third-order valence-corrected chi connectivity index (χ3v) is 17.1. The van der Waals surface area contributed by atoms with Gasteiger partial charge in [-0.2, -0.15) is 0 Å². The largest absolute Gasteiger partial charge is 0.333 e. The first-order valence-electron chi connectivity index (χ1n) is 25.5. The van der Waals surface area contributed by atoms with E-state index in [-0.39, 0.29) is 33.6 Å². The van der Waals surface area contributed by atoms with Crippen molar-refractivity contribution in [3.8, 4) is 27.9 Å². The highest BCUT2D eigenvalue weighted by molar-refractivity contribution is 6.12. The number of aryl methyl sites for hydroxylation is 2. The van der Waals surface area contributed by atoms with Gasteiger partial charge in [0.05, 0.1) is 17.1 Å². The molecule has 2 nitrogen and oxygen atoms in total. The van der Waals surface area contributed by atoms with Gasteiger partial charge in [0.2, 0.25) is 0 Å². The summed E-state index contributed by atoms with van der Waals surface area (Å²) in [4.78, 5) is 2.68. The van der Waals surface area contributed by atoms with E-state index in [1.165, 1.54) is 122 Å². The summed E-state index contributed by atoms with van der Waals surface area (Å²) in [5, 5.41) is 2.58. The molecular formula is C68H62N2. The Morgan fingerprint density at radius 1 is 0.471 bits per heavy atom. The van der Waals surface area contributed by atoms with E-state index in [0.717, 1.165) is 0 Å². The van der Waals surface area contributed by atoms with Gasteiger partial charge in [0, 0.05) is 44.6 Å². The van der Waals surface area contributed by atoms with Crippen molar-refractivity contribution >= 4 is 33.2 Å². The van der Waals surface area contributed by atoms with Gasteiger partial charge in [-0.05, 0) is 159 Å². The highest BCUT2D eigenvalue weighted by Crippen LogP contribution is 2.58. The summed E-state index contributed by atoms with van der Waals surface area (Å²) < 4.78 is 2.59. The lowest BCUT2D eigenvalue weighted by molar-refractivity contribution is 0.507. The van der Waals surface area contributed by atoms with Crippen molar-refractivity contribution in [2.24, 2.45) is 5.41 Å². The van der Waals surface area contributed by atoms with Gasteiger partial charge >= 0.3 is 0 Å². The van der Waals surface area contributed by atoms with Crippen LogP contribution in [0.3, 0.4) is 0 Å². The lowest BCUT2D eigenvalue weighted by Crippen LogP contribution is -2.30. The van der Waals surface area contributed by atoms with E-state index in [0.29, 0.717) is 0 Å². The first kappa shape index (κ1) is 42.9. The molecule has 3 aliphatic carbocycles. The number of rotatable bonds is 4. The molecule has 0 bridgehead atoms. The van der Waals surface area contributed by atoms with Gasteiger partial charge in [0.1, 0.15) is 0 Å². The van der Waals surface area contributed by atoms with Crippen molar-refractivity contribution in [1.82, 2.24) is 4.57 Å². The van der Waals surface area contributed by atoms with Crippen LogP contribution >= 0.6 is 0 Å². The molecule has 0 fully saturated rings. The zero-order valence-electron chi connectivity index (χ0n) is 42.4. The van der Waals surface area contributed by atoms with E-state index in [9.17, 15) is 0 Å². The predicted octanol–water partition coefficient (Wildman–Crippen LogP) is 17.5. The van der Waals surface area contributed by atoms with E-state index >= 15 is 0 Å². The summed E-state index contributed by atoms with van der Waals surface area (Å²) in [7, 11) is 0. The van der Waals surface area contributed by atoms with Crippen LogP contribution in [0.2, 0.25) is 0 Å². The van der Waals surface area contributed by atoms with Gasteiger partial charge in [-0.1, -0.05) is 186 Å². The number of fused-ring (bicyclic) bond motifs is 12. The van der Waals surface area contributed by atoms with Crippen molar-refractivity contribution in [3.05, 3.63) is 243 Å². The third kappa shape index (κ3) is 5.98. The van der Waals surface area contributed by atoms with Crippen LogP contribution in [0.15, 0.2) is 188 Å². The average molecular weight is 907 g/mol. The number of allylic oxidation sites excluding steroid dienone is 2. The van der Waals surface area contributed by atoms with E-state index in [2.05, 4.69) is 261 Å². The van der Waals surface area contributed by atoms with Crippen molar-refractivity contribution < 1.29 is 0 Å². The zero-order valence-corrected chi connectivity index (χ0v) is 42.4. The number of anilines is 2. The van der Waals surface area contributed by atoms with Crippen LogP contribution in [0, 0.1) is 19.3 Å². The minimum absolute atomic E-state index is 0.0122. The zero-order chi connectivity index (χ0) is 48.2.